The van der Waals surface area contributed by atoms with E-state index in [4.69, 9.17) is 4.74 Å². The molecule has 0 bridgehead atoms. The number of imide groups is 1. The Labute approximate surface area is 173 Å². The van der Waals surface area contributed by atoms with Crippen molar-refractivity contribution in [2.45, 2.75) is 18.0 Å². The Morgan fingerprint density at radius 3 is 2.47 bits per heavy atom. The second kappa shape index (κ2) is 7.14. The van der Waals surface area contributed by atoms with Crippen LogP contribution < -0.4 is 10.1 Å². The molecule has 8 nitrogen and oxygen atoms in total. The molecule has 2 aliphatic rings. The molecule has 0 radical (unpaired) electrons. The lowest BCUT2D eigenvalue weighted by atomic mass is 9.76. The van der Waals surface area contributed by atoms with E-state index in [0.717, 1.165) is 10.5 Å². The van der Waals surface area contributed by atoms with Crippen LogP contribution in [0.15, 0.2) is 48.5 Å². The van der Waals surface area contributed by atoms with Gasteiger partial charge in [0.05, 0.1) is 18.9 Å². The average Bonchev–Trinajstić information content (AvgIpc) is 3.19. The number of aromatic hydroxyl groups is 1. The summed E-state index contributed by atoms with van der Waals surface area (Å²) in [6, 6.07) is 12.9. The molecule has 2 aromatic carbocycles. The van der Waals surface area contributed by atoms with Crippen molar-refractivity contribution in [1.29, 1.82) is 0 Å². The summed E-state index contributed by atoms with van der Waals surface area (Å²) in [5.74, 6) is -4.29. The van der Waals surface area contributed by atoms with Gasteiger partial charge >= 0.3 is 5.97 Å². The number of ether oxygens (including phenoxy) is 1. The van der Waals surface area contributed by atoms with Crippen molar-refractivity contribution < 1.29 is 29.3 Å². The van der Waals surface area contributed by atoms with E-state index in [1.54, 1.807) is 42.5 Å². The smallest absolute Gasteiger partial charge is 0.325 e. The number of hydrogen-bond acceptors (Lipinski definition) is 6. The van der Waals surface area contributed by atoms with Gasteiger partial charge in [0.15, 0.2) is 11.5 Å². The predicted octanol–water partition coefficient (Wildman–Crippen LogP) is 1.34. The van der Waals surface area contributed by atoms with Gasteiger partial charge in [-0.25, -0.2) is 0 Å². The molecular weight excluding hydrogens is 388 g/mol. The number of phenols is 1. The molecule has 2 saturated heterocycles. The molecule has 8 heteroatoms. The zero-order valence-corrected chi connectivity index (χ0v) is 16.5. The normalized spacial score (nSPS) is 27.9. The Morgan fingerprint density at radius 2 is 1.83 bits per heavy atom. The molecule has 3 N–H and O–H groups in total. The molecule has 0 aromatic heterocycles. The molecule has 4 atom stereocenters. The Bertz CT molecular complexity index is 1020. The highest BCUT2D eigenvalue weighted by Gasteiger charge is 2.68. The van der Waals surface area contributed by atoms with Gasteiger partial charge in [0.25, 0.3) is 0 Å². The summed E-state index contributed by atoms with van der Waals surface area (Å²) in [6.45, 7) is 0. The summed E-state index contributed by atoms with van der Waals surface area (Å²) >= 11 is 0. The minimum absolute atomic E-state index is 0.0123. The average molecular weight is 410 g/mol. The number of para-hydroxylation sites is 1. The van der Waals surface area contributed by atoms with Crippen LogP contribution in [0, 0.1) is 11.8 Å². The van der Waals surface area contributed by atoms with Crippen LogP contribution in [0.25, 0.3) is 0 Å². The maximum atomic E-state index is 13.0. The van der Waals surface area contributed by atoms with Gasteiger partial charge in [0.2, 0.25) is 11.8 Å². The fourth-order valence-corrected chi connectivity index (χ4v) is 4.72. The molecule has 0 saturated carbocycles. The summed E-state index contributed by atoms with van der Waals surface area (Å²) in [6.07, 6.45) is 0.0123. The Balaban J connectivity index is 1.88. The number of carboxylic acid groups (broad SMARTS) is 1. The number of rotatable bonds is 5. The number of carboxylic acids is 1. The number of aliphatic carboxylic acids is 1. The van der Waals surface area contributed by atoms with Crippen LogP contribution in [-0.2, 0) is 20.8 Å². The summed E-state index contributed by atoms with van der Waals surface area (Å²) in [5.41, 5.74) is -0.669. The van der Waals surface area contributed by atoms with E-state index in [1.165, 1.54) is 14.2 Å². The van der Waals surface area contributed by atoms with E-state index in [-0.39, 0.29) is 17.9 Å². The van der Waals surface area contributed by atoms with Crippen LogP contribution in [0.3, 0.4) is 0 Å². The minimum atomic E-state index is -1.70. The molecule has 2 heterocycles. The van der Waals surface area contributed by atoms with Crippen LogP contribution >= 0.6 is 0 Å². The monoisotopic (exact) mass is 410 g/mol. The van der Waals surface area contributed by atoms with Crippen LogP contribution in [0.2, 0.25) is 0 Å². The van der Waals surface area contributed by atoms with Gasteiger partial charge in [-0.15, -0.1) is 0 Å². The number of carbonyl (C=O) groups excluding carboxylic acids is 2. The van der Waals surface area contributed by atoms with Gasteiger partial charge in [-0.3, -0.25) is 24.6 Å². The minimum Gasteiger partial charge on any atom is -0.504 e. The van der Waals surface area contributed by atoms with Gasteiger partial charge in [-0.1, -0.05) is 42.5 Å². The third kappa shape index (κ3) is 2.75. The van der Waals surface area contributed by atoms with Crippen molar-refractivity contribution in [3.63, 3.8) is 0 Å². The van der Waals surface area contributed by atoms with Crippen molar-refractivity contribution in [1.82, 2.24) is 10.2 Å². The second-order valence-electron chi connectivity index (χ2n) is 7.70. The molecular formula is C22H22N2O6. The summed E-state index contributed by atoms with van der Waals surface area (Å²) in [7, 11) is 2.76. The number of methoxy groups -OCH3 is 1. The van der Waals surface area contributed by atoms with Gasteiger partial charge in [0.1, 0.15) is 5.54 Å². The lowest BCUT2D eigenvalue weighted by Gasteiger charge is -2.31. The Kier molecular flexibility index (Phi) is 4.74. The number of amides is 2. The molecule has 0 unspecified atom stereocenters. The first kappa shape index (κ1) is 19.9. The quantitative estimate of drug-likeness (QED) is 0.637. The molecule has 156 valence electrons. The highest BCUT2D eigenvalue weighted by molar-refractivity contribution is 6.09. The maximum absolute atomic E-state index is 13.0. The third-order valence-corrected chi connectivity index (χ3v) is 6.17. The predicted molar refractivity (Wildman–Crippen MR) is 106 cm³/mol. The molecule has 0 aliphatic carbocycles. The summed E-state index contributed by atoms with van der Waals surface area (Å²) in [5, 5.41) is 24.0. The van der Waals surface area contributed by atoms with Crippen LogP contribution in [0.5, 0.6) is 11.5 Å². The van der Waals surface area contributed by atoms with Crippen molar-refractivity contribution in [2.24, 2.45) is 11.8 Å². The number of nitrogens with one attached hydrogen (secondary N) is 1. The van der Waals surface area contributed by atoms with E-state index in [2.05, 4.69) is 5.32 Å². The zero-order valence-electron chi connectivity index (χ0n) is 16.5. The van der Waals surface area contributed by atoms with Gasteiger partial charge in [-0.05, 0) is 11.6 Å². The lowest BCUT2D eigenvalue weighted by molar-refractivity contribution is -0.151. The highest BCUT2D eigenvalue weighted by Crippen LogP contribution is 2.51. The van der Waals surface area contributed by atoms with Crippen molar-refractivity contribution in [2.75, 3.05) is 14.2 Å². The highest BCUT2D eigenvalue weighted by atomic mass is 16.5. The van der Waals surface area contributed by atoms with Gasteiger partial charge in [-0.2, -0.15) is 0 Å². The first-order valence-corrected chi connectivity index (χ1v) is 9.54. The topological polar surface area (TPSA) is 116 Å². The van der Waals surface area contributed by atoms with E-state index in [0.29, 0.717) is 5.56 Å². The fourth-order valence-electron chi connectivity index (χ4n) is 4.72. The molecule has 2 amide bonds. The number of hydrogen-bond donors (Lipinski definition) is 3. The first-order valence-electron chi connectivity index (χ1n) is 9.54. The van der Waals surface area contributed by atoms with E-state index >= 15 is 0 Å². The van der Waals surface area contributed by atoms with E-state index in [1.807, 2.05) is 6.07 Å². The number of carbonyl (C=O) groups is 3. The van der Waals surface area contributed by atoms with Crippen molar-refractivity contribution in [3.8, 4) is 11.5 Å². The number of nitrogens with zero attached hydrogens (tertiary/aromatic N) is 1. The Hall–Kier alpha value is -3.39. The van der Waals surface area contributed by atoms with Crippen LogP contribution in [-0.4, -0.2) is 52.6 Å². The number of phenolic OH excluding ortho intramolecular Hbond substituents is 1. The zero-order chi connectivity index (χ0) is 21.6. The van der Waals surface area contributed by atoms with Crippen molar-refractivity contribution in [3.05, 3.63) is 59.7 Å². The van der Waals surface area contributed by atoms with E-state index in [9.17, 15) is 24.6 Å². The number of fused-ring (bicyclic) bond motifs is 1. The molecule has 4 rings (SSSR count). The second-order valence-corrected chi connectivity index (χ2v) is 7.70. The number of likely N-dealkylation sites (tertiary alicyclic amines) is 1. The fraction of sp³-hybridized carbons (Fsp3) is 0.318. The first-order chi connectivity index (χ1) is 14.3. The number of benzene rings is 2. The molecule has 0 spiro atoms. The van der Waals surface area contributed by atoms with Crippen LogP contribution in [0.4, 0.5) is 0 Å². The lowest BCUT2D eigenvalue weighted by Crippen LogP contribution is -2.57. The third-order valence-electron chi connectivity index (χ3n) is 6.17. The van der Waals surface area contributed by atoms with Crippen LogP contribution in [0.1, 0.15) is 17.2 Å². The summed E-state index contributed by atoms with van der Waals surface area (Å²) in [4.78, 5) is 39.5. The van der Waals surface area contributed by atoms with Gasteiger partial charge < -0.3 is 14.9 Å². The molecule has 30 heavy (non-hydrogen) atoms. The molecule has 2 aromatic rings. The SMILES string of the molecule is COc1cccc([C@@H]2N[C@](Cc3ccccc3)(C(=O)O)[C@H]3C(=O)N(C)C(=O)[C@H]23)c1O. The largest absolute Gasteiger partial charge is 0.504 e. The Morgan fingerprint density at radius 1 is 1.13 bits per heavy atom. The van der Waals surface area contributed by atoms with E-state index < -0.39 is 41.2 Å². The maximum Gasteiger partial charge on any atom is 0.325 e. The summed E-state index contributed by atoms with van der Waals surface area (Å²) < 4.78 is 5.16. The molecule has 2 fully saturated rings. The molecule has 2 aliphatic heterocycles. The van der Waals surface area contributed by atoms with Gasteiger partial charge in [0, 0.05) is 25.1 Å². The van der Waals surface area contributed by atoms with Crippen molar-refractivity contribution >= 4 is 17.8 Å². The standard InChI is InChI=1S/C22H22N2O6/c1-24-19(26)15-16(20(24)27)22(21(28)29,11-12-7-4-3-5-8-12)23-17(15)13-9-6-10-14(30-2)18(13)25/h3-10,15-17,23,25H,11H2,1-2H3,(H,28,29)/t15-,16+,17-,22-/m0/s1.